The molecule has 0 heterocycles. The van der Waals surface area contributed by atoms with Gasteiger partial charge in [-0.25, -0.2) is 0 Å². The molecule has 3 heteroatoms. The minimum atomic E-state index is -1.06. The molecule has 0 aliphatic heterocycles. The first-order chi connectivity index (χ1) is 6.50. The van der Waals surface area contributed by atoms with Crippen molar-refractivity contribution < 1.29 is 9.84 Å². The molecule has 2 unspecified atom stereocenters. The monoisotopic (exact) mass is 195 g/mol. The van der Waals surface area contributed by atoms with Crippen LogP contribution in [0.15, 0.2) is 24.3 Å². The van der Waals surface area contributed by atoms with Crippen LogP contribution < -0.4 is 10.5 Å². The molecule has 0 fully saturated rings. The number of hydrogen-bond donors (Lipinski definition) is 2. The van der Waals surface area contributed by atoms with Gasteiger partial charge in [-0.3, -0.25) is 0 Å². The molecule has 14 heavy (non-hydrogen) atoms. The van der Waals surface area contributed by atoms with Gasteiger partial charge in [0.2, 0.25) is 0 Å². The van der Waals surface area contributed by atoms with Crippen LogP contribution in [-0.2, 0) is 5.60 Å². The Bertz CT molecular complexity index is 308. The minimum absolute atomic E-state index is 0.348. The molecule has 0 aliphatic carbocycles. The second-order valence-corrected chi connectivity index (χ2v) is 3.64. The highest BCUT2D eigenvalue weighted by molar-refractivity contribution is 5.38. The van der Waals surface area contributed by atoms with Crippen molar-refractivity contribution >= 4 is 0 Å². The fraction of sp³-hybridized carbons (Fsp3) is 0.455. The minimum Gasteiger partial charge on any atom is -0.496 e. The van der Waals surface area contributed by atoms with E-state index in [1.54, 1.807) is 21.0 Å². The quantitative estimate of drug-likeness (QED) is 0.763. The second-order valence-electron chi connectivity index (χ2n) is 3.64. The van der Waals surface area contributed by atoms with Gasteiger partial charge in [0.25, 0.3) is 0 Å². The average molecular weight is 195 g/mol. The molecule has 3 N–H and O–H groups in total. The van der Waals surface area contributed by atoms with Crippen molar-refractivity contribution in [1.29, 1.82) is 0 Å². The summed E-state index contributed by atoms with van der Waals surface area (Å²) in [5, 5.41) is 10.2. The van der Waals surface area contributed by atoms with Crippen molar-refractivity contribution in [3.05, 3.63) is 29.8 Å². The molecule has 0 saturated carbocycles. The first-order valence-electron chi connectivity index (χ1n) is 4.61. The third-order valence-electron chi connectivity index (χ3n) is 2.54. The Morgan fingerprint density at radius 3 is 2.50 bits per heavy atom. The highest BCUT2D eigenvalue weighted by atomic mass is 16.5. The number of methoxy groups -OCH3 is 1. The fourth-order valence-corrected chi connectivity index (χ4v) is 1.31. The van der Waals surface area contributed by atoms with Crippen LogP contribution in [0.2, 0.25) is 0 Å². The normalized spacial score (nSPS) is 17.2. The Morgan fingerprint density at radius 1 is 1.43 bits per heavy atom. The van der Waals surface area contributed by atoms with Crippen molar-refractivity contribution in [2.24, 2.45) is 5.73 Å². The smallest absolute Gasteiger partial charge is 0.124 e. The molecule has 3 nitrogen and oxygen atoms in total. The third-order valence-corrected chi connectivity index (χ3v) is 2.54. The Kier molecular flexibility index (Phi) is 3.13. The summed E-state index contributed by atoms with van der Waals surface area (Å²) in [6.45, 7) is 3.46. The highest BCUT2D eigenvalue weighted by Gasteiger charge is 2.30. The number of para-hydroxylation sites is 1. The van der Waals surface area contributed by atoms with Crippen LogP contribution >= 0.6 is 0 Å². The van der Waals surface area contributed by atoms with Crippen LogP contribution in [0.3, 0.4) is 0 Å². The Balaban J connectivity index is 3.17. The van der Waals surface area contributed by atoms with Gasteiger partial charge in [-0.1, -0.05) is 18.2 Å². The van der Waals surface area contributed by atoms with Gasteiger partial charge in [0.05, 0.1) is 7.11 Å². The molecular formula is C11H17NO2. The molecule has 0 radical (unpaired) electrons. The number of hydrogen-bond acceptors (Lipinski definition) is 3. The van der Waals surface area contributed by atoms with E-state index in [9.17, 15) is 5.11 Å². The maximum Gasteiger partial charge on any atom is 0.124 e. The fourth-order valence-electron chi connectivity index (χ4n) is 1.31. The van der Waals surface area contributed by atoms with E-state index in [1.165, 1.54) is 0 Å². The molecule has 0 aromatic heterocycles. The Labute approximate surface area is 84.5 Å². The Hall–Kier alpha value is -1.06. The van der Waals surface area contributed by atoms with Crippen molar-refractivity contribution in [2.45, 2.75) is 25.5 Å². The number of aliphatic hydroxyl groups is 1. The molecule has 0 spiro atoms. The van der Waals surface area contributed by atoms with Crippen LogP contribution in [0, 0.1) is 0 Å². The van der Waals surface area contributed by atoms with Gasteiger partial charge >= 0.3 is 0 Å². The molecule has 0 amide bonds. The van der Waals surface area contributed by atoms with Gasteiger partial charge in [0.15, 0.2) is 0 Å². The van der Waals surface area contributed by atoms with Crippen molar-refractivity contribution in [2.75, 3.05) is 7.11 Å². The second kappa shape index (κ2) is 3.98. The number of nitrogens with two attached hydrogens (primary N) is 1. The summed E-state index contributed by atoms with van der Waals surface area (Å²) in [5.74, 6) is 0.662. The molecule has 0 bridgehead atoms. The lowest BCUT2D eigenvalue weighted by atomic mass is 9.89. The van der Waals surface area contributed by atoms with Crippen LogP contribution in [0.25, 0.3) is 0 Å². The van der Waals surface area contributed by atoms with Crippen molar-refractivity contribution in [3.8, 4) is 5.75 Å². The standard InChI is InChI=1S/C11H17NO2/c1-8(12)11(2,13)9-6-4-5-7-10(9)14-3/h4-8,13H,12H2,1-3H3. The van der Waals surface area contributed by atoms with E-state index in [2.05, 4.69) is 0 Å². The average Bonchev–Trinajstić information content (AvgIpc) is 2.17. The van der Waals surface area contributed by atoms with Crippen LogP contribution in [0.1, 0.15) is 19.4 Å². The molecule has 0 saturated heterocycles. The summed E-state index contributed by atoms with van der Waals surface area (Å²) < 4.78 is 5.17. The number of ether oxygens (including phenoxy) is 1. The summed E-state index contributed by atoms with van der Waals surface area (Å²) in [6, 6.07) is 7.00. The summed E-state index contributed by atoms with van der Waals surface area (Å²) >= 11 is 0. The van der Waals surface area contributed by atoms with Gasteiger partial charge in [0.1, 0.15) is 11.4 Å². The zero-order chi connectivity index (χ0) is 10.8. The molecule has 1 rings (SSSR count). The lowest BCUT2D eigenvalue weighted by Gasteiger charge is -2.29. The summed E-state index contributed by atoms with van der Waals surface area (Å²) in [7, 11) is 1.58. The predicted molar refractivity (Wildman–Crippen MR) is 56.2 cm³/mol. The van der Waals surface area contributed by atoms with Gasteiger partial charge < -0.3 is 15.6 Å². The van der Waals surface area contributed by atoms with E-state index in [-0.39, 0.29) is 6.04 Å². The lowest BCUT2D eigenvalue weighted by Crippen LogP contribution is -2.40. The number of benzene rings is 1. The molecule has 1 aromatic carbocycles. The highest BCUT2D eigenvalue weighted by Crippen LogP contribution is 2.31. The van der Waals surface area contributed by atoms with Crippen molar-refractivity contribution in [3.63, 3.8) is 0 Å². The largest absolute Gasteiger partial charge is 0.496 e. The van der Waals surface area contributed by atoms with E-state index in [1.807, 2.05) is 24.3 Å². The lowest BCUT2D eigenvalue weighted by molar-refractivity contribution is 0.0325. The molecule has 0 aliphatic rings. The first-order valence-corrected chi connectivity index (χ1v) is 4.61. The van der Waals surface area contributed by atoms with Crippen LogP contribution in [0.4, 0.5) is 0 Å². The Morgan fingerprint density at radius 2 is 2.00 bits per heavy atom. The summed E-state index contributed by atoms with van der Waals surface area (Å²) in [5.41, 5.74) is 5.38. The van der Waals surface area contributed by atoms with Gasteiger partial charge in [-0.2, -0.15) is 0 Å². The maximum absolute atomic E-state index is 10.2. The van der Waals surface area contributed by atoms with Crippen LogP contribution in [-0.4, -0.2) is 18.3 Å². The van der Waals surface area contributed by atoms with E-state index in [4.69, 9.17) is 10.5 Å². The molecular weight excluding hydrogens is 178 g/mol. The molecule has 78 valence electrons. The van der Waals surface area contributed by atoms with E-state index in [0.29, 0.717) is 5.75 Å². The van der Waals surface area contributed by atoms with Gasteiger partial charge in [0, 0.05) is 11.6 Å². The van der Waals surface area contributed by atoms with E-state index >= 15 is 0 Å². The van der Waals surface area contributed by atoms with E-state index < -0.39 is 5.60 Å². The van der Waals surface area contributed by atoms with Crippen LogP contribution in [0.5, 0.6) is 5.75 Å². The molecule has 1 aromatic rings. The van der Waals surface area contributed by atoms with Gasteiger partial charge in [-0.15, -0.1) is 0 Å². The predicted octanol–water partition coefficient (Wildman–Crippen LogP) is 1.25. The first kappa shape index (κ1) is 11.0. The number of rotatable bonds is 3. The summed E-state index contributed by atoms with van der Waals surface area (Å²) in [4.78, 5) is 0. The van der Waals surface area contributed by atoms with Crippen molar-refractivity contribution in [1.82, 2.24) is 0 Å². The zero-order valence-electron chi connectivity index (χ0n) is 8.82. The topological polar surface area (TPSA) is 55.5 Å². The maximum atomic E-state index is 10.2. The van der Waals surface area contributed by atoms with E-state index in [0.717, 1.165) is 5.56 Å². The summed E-state index contributed by atoms with van der Waals surface area (Å²) in [6.07, 6.45) is 0. The third kappa shape index (κ3) is 1.89. The van der Waals surface area contributed by atoms with Gasteiger partial charge in [-0.05, 0) is 19.9 Å². The SMILES string of the molecule is COc1ccccc1C(C)(O)C(C)N. The zero-order valence-corrected chi connectivity index (χ0v) is 8.82. The molecule has 2 atom stereocenters.